The van der Waals surface area contributed by atoms with E-state index >= 15 is 0 Å². The molecule has 0 saturated carbocycles. The van der Waals surface area contributed by atoms with Crippen LogP contribution in [0.3, 0.4) is 0 Å². The Hall–Kier alpha value is -1.82. The number of ether oxygens (including phenoxy) is 1. The Morgan fingerprint density at radius 2 is 2.22 bits per heavy atom. The Kier molecular flexibility index (Phi) is 4.91. The SMILES string of the molecule is C=CCc1cccc(S(=O)(=O)NC(=O)OCC)c1. The molecule has 98 valence electrons. The predicted molar refractivity (Wildman–Crippen MR) is 67.7 cm³/mol. The largest absolute Gasteiger partial charge is 0.449 e. The van der Waals surface area contributed by atoms with Crippen molar-refractivity contribution in [3.05, 3.63) is 42.5 Å². The van der Waals surface area contributed by atoms with Crippen molar-refractivity contribution in [2.75, 3.05) is 6.61 Å². The average molecular weight is 269 g/mol. The number of hydrogen-bond acceptors (Lipinski definition) is 4. The van der Waals surface area contributed by atoms with E-state index in [2.05, 4.69) is 11.3 Å². The van der Waals surface area contributed by atoms with E-state index in [1.165, 1.54) is 12.1 Å². The summed E-state index contributed by atoms with van der Waals surface area (Å²) in [6, 6.07) is 6.29. The first-order chi connectivity index (χ1) is 8.49. The Bertz CT molecular complexity index is 537. The second-order valence-electron chi connectivity index (χ2n) is 3.47. The molecule has 18 heavy (non-hydrogen) atoms. The van der Waals surface area contributed by atoms with Gasteiger partial charge in [0.1, 0.15) is 0 Å². The zero-order valence-electron chi connectivity index (χ0n) is 10.0. The number of rotatable bonds is 5. The summed E-state index contributed by atoms with van der Waals surface area (Å²) in [5, 5.41) is 0. The zero-order valence-corrected chi connectivity index (χ0v) is 10.9. The van der Waals surface area contributed by atoms with Gasteiger partial charge in [0.05, 0.1) is 11.5 Å². The second-order valence-corrected chi connectivity index (χ2v) is 5.15. The minimum absolute atomic E-state index is 0.0231. The van der Waals surface area contributed by atoms with Crippen LogP contribution in [0.2, 0.25) is 0 Å². The van der Waals surface area contributed by atoms with Crippen molar-refractivity contribution in [2.45, 2.75) is 18.2 Å². The van der Waals surface area contributed by atoms with E-state index in [-0.39, 0.29) is 11.5 Å². The first-order valence-electron chi connectivity index (χ1n) is 5.39. The molecule has 0 bridgehead atoms. The van der Waals surface area contributed by atoms with E-state index in [0.717, 1.165) is 5.56 Å². The van der Waals surface area contributed by atoms with Crippen LogP contribution in [0, 0.1) is 0 Å². The molecule has 0 aliphatic rings. The van der Waals surface area contributed by atoms with Gasteiger partial charge in [0.15, 0.2) is 0 Å². The summed E-state index contributed by atoms with van der Waals surface area (Å²) in [4.78, 5) is 11.1. The minimum Gasteiger partial charge on any atom is -0.449 e. The number of amides is 1. The Balaban J connectivity index is 2.94. The van der Waals surface area contributed by atoms with E-state index in [4.69, 9.17) is 0 Å². The third kappa shape index (κ3) is 3.89. The van der Waals surface area contributed by atoms with Gasteiger partial charge in [-0.15, -0.1) is 6.58 Å². The van der Waals surface area contributed by atoms with Crippen LogP contribution in [-0.4, -0.2) is 21.1 Å². The fraction of sp³-hybridized carbons (Fsp3) is 0.250. The molecule has 0 spiro atoms. The Labute approximate surface area is 107 Å². The second kappa shape index (κ2) is 6.20. The van der Waals surface area contributed by atoms with Gasteiger partial charge in [-0.3, -0.25) is 0 Å². The topological polar surface area (TPSA) is 72.5 Å². The molecule has 0 aromatic heterocycles. The van der Waals surface area contributed by atoms with Gasteiger partial charge in [-0.25, -0.2) is 17.9 Å². The van der Waals surface area contributed by atoms with Crippen molar-refractivity contribution in [2.24, 2.45) is 0 Å². The molecule has 6 heteroatoms. The first-order valence-corrected chi connectivity index (χ1v) is 6.87. The number of nitrogens with one attached hydrogen (secondary N) is 1. The van der Waals surface area contributed by atoms with Gasteiger partial charge in [-0.2, -0.15) is 0 Å². The van der Waals surface area contributed by atoms with Crippen LogP contribution >= 0.6 is 0 Å². The third-order valence-electron chi connectivity index (χ3n) is 2.08. The average Bonchev–Trinajstić information content (AvgIpc) is 2.29. The molecule has 0 fully saturated rings. The molecule has 0 radical (unpaired) electrons. The maximum absolute atomic E-state index is 11.8. The molecule has 0 heterocycles. The van der Waals surface area contributed by atoms with E-state index in [1.807, 2.05) is 4.72 Å². The van der Waals surface area contributed by atoms with Crippen molar-refractivity contribution >= 4 is 16.1 Å². The summed E-state index contributed by atoms with van der Waals surface area (Å²) in [6.45, 7) is 5.28. The van der Waals surface area contributed by atoms with Crippen molar-refractivity contribution in [1.29, 1.82) is 0 Å². The standard InChI is InChI=1S/C12H15NO4S/c1-3-6-10-7-5-8-11(9-10)18(15,16)13-12(14)17-4-2/h3,5,7-9H,1,4,6H2,2H3,(H,13,14). The van der Waals surface area contributed by atoms with Gasteiger partial charge >= 0.3 is 6.09 Å². The van der Waals surface area contributed by atoms with Crippen LogP contribution in [0.1, 0.15) is 12.5 Å². The molecule has 1 rings (SSSR count). The van der Waals surface area contributed by atoms with Gasteiger partial charge in [0.25, 0.3) is 10.0 Å². The summed E-state index contributed by atoms with van der Waals surface area (Å²) in [5.41, 5.74) is 0.803. The summed E-state index contributed by atoms with van der Waals surface area (Å²) in [7, 11) is -3.88. The number of benzene rings is 1. The lowest BCUT2D eigenvalue weighted by Crippen LogP contribution is -2.31. The molecule has 0 saturated heterocycles. The smallest absolute Gasteiger partial charge is 0.421 e. The molecule has 1 N–H and O–H groups in total. The quantitative estimate of drug-likeness (QED) is 0.828. The highest BCUT2D eigenvalue weighted by Crippen LogP contribution is 2.12. The lowest BCUT2D eigenvalue weighted by molar-refractivity contribution is 0.158. The van der Waals surface area contributed by atoms with Crippen LogP contribution in [0.25, 0.3) is 0 Å². The maximum atomic E-state index is 11.8. The van der Waals surface area contributed by atoms with Crippen molar-refractivity contribution in [3.8, 4) is 0 Å². The molecule has 5 nitrogen and oxygen atoms in total. The van der Waals surface area contributed by atoms with E-state index in [9.17, 15) is 13.2 Å². The monoisotopic (exact) mass is 269 g/mol. The van der Waals surface area contributed by atoms with E-state index in [1.54, 1.807) is 25.1 Å². The lowest BCUT2D eigenvalue weighted by atomic mass is 10.2. The fourth-order valence-corrected chi connectivity index (χ4v) is 2.30. The highest BCUT2D eigenvalue weighted by atomic mass is 32.2. The van der Waals surface area contributed by atoms with Crippen LogP contribution < -0.4 is 4.72 Å². The van der Waals surface area contributed by atoms with Crippen LogP contribution in [0.5, 0.6) is 0 Å². The Morgan fingerprint density at radius 1 is 1.50 bits per heavy atom. The third-order valence-corrected chi connectivity index (χ3v) is 3.39. The normalized spacial score (nSPS) is 10.7. The molecule has 1 amide bonds. The molecule has 0 aliphatic carbocycles. The molecular formula is C12H15NO4S. The summed E-state index contributed by atoms with van der Waals surface area (Å²) in [5.74, 6) is 0. The van der Waals surface area contributed by atoms with Gasteiger partial charge in [0, 0.05) is 0 Å². The number of carbonyl (C=O) groups is 1. The van der Waals surface area contributed by atoms with Gasteiger partial charge in [0.2, 0.25) is 0 Å². The fourth-order valence-electron chi connectivity index (χ4n) is 1.34. The highest BCUT2D eigenvalue weighted by Gasteiger charge is 2.18. The molecule has 0 atom stereocenters. The van der Waals surface area contributed by atoms with Crippen molar-refractivity contribution in [1.82, 2.24) is 4.72 Å². The summed E-state index contributed by atoms with van der Waals surface area (Å²) < 4.78 is 30.0. The highest BCUT2D eigenvalue weighted by molar-refractivity contribution is 7.90. The first kappa shape index (κ1) is 14.2. The predicted octanol–water partition coefficient (Wildman–Crippen LogP) is 1.85. The minimum atomic E-state index is -3.88. The maximum Gasteiger partial charge on any atom is 0.421 e. The Morgan fingerprint density at radius 3 is 2.83 bits per heavy atom. The van der Waals surface area contributed by atoms with Crippen LogP contribution in [0.15, 0.2) is 41.8 Å². The van der Waals surface area contributed by atoms with Gasteiger partial charge in [-0.05, 0) is 31.0 Å². The lowest BCUT2D eigenvalue weighted by Gasteiger charge is -2.07. The van der Waals surface area contributed by atoms with Gasteiger partial charge < -0.3 is 4.74 Å². The molecule has 1 aromatic rings. The molecule has 0 unspecified atom stereocenters. The van der Waals surface area contributed by atoms with Crippen molar-refractivity contribution < 1.29 is 17.9 Å². The summed E-state index contributed by atoms with van der Waals surface area (Å²) >= 11 is 0. The zero-order chi connectivity index (χ0) is 13.6. The van der Waals surface area contributed by atoms with Crippen LogP contribution in [0.4, 0.5) is 4.79 Å². The number of sulfonamides is 1. The van der Waals surface area contributed by atoms with Crippen molar-refractivity contribution in [3.63, 3.8) is 0 Å². The summed E-state index contributed by atoms with van der Waals surface area (Å²) in [6.07, 6.45) is 1.25. The molecule has 1 aromatic carbocycles. The van der Waals surface area contributed by atoms with Crippen LogP contribution in [-0.2, 0) is 21.2 Å². The molecule has 0 aliphatic heterocycles. The van der Waals surface area contributed by atoms with E-state index in [0.29, 0.717) is 6.42 Å². The number of hydrogen-bond donors (Lipinski definition) is 1. The molecular weight excluding hydrogens is 254 g/mol. The number of carbonyl (C=O) groups excluding carboxylic acids is 1. The van der Waals surface area contributed by atoms with Gasteiger partial charge in [-0.1, -0.05) is 18.2 Å². The van der Waals surface area contributed by atoms with E-state index < -0.39 is 16.1 Å². The number of allylic oxidation sites excluding steroid dienone is 1.